The number of hydrogen-bond acceptors (Lipinski definition) is 2. The van der Waals surface area contributed by atoms with Crippen molar-refractivity contribution in [2.45, 2.75) is 58.2 Å². The Morgan fingerprint density at radius 3 is 2.42 bits per heavy atom. The van der Waals surface area contributed by atoms with Crippen molar-refractivity contribution in [3.63, 3.8) is 0 Å². The van der Waals surface area contributed by atoms with Crippen LogP contribution in [0, 0.1) is 6.92 Å². The fraction of sp³-hybridized carbons (Fsp3) is 0.647. The minimum Gasteiger partial charge on any atom is -0.312 e. The quantitative estimate of drug-likeness (QED) is 0.891. The lowest BCUT2D eigenvalue weighted by atomic mass is 9.94. The normalized spacial score (nSPS) is 26.3. The summed E-state index contributed by atoms with van der Waals surface area (Å²) >= 11 is 0. The van der Waals surface area contributed by atoms with Crippen LogP contribution in [0.1, 0.15) is 50.3 Å². The summed E-state index contributed by atoms with van der Waals surface area (Å²) in [4.78, 5) is 2.68. The fourth-order valence-corrected chi connectivity index (χ4v) is 3.37. The van der Waals surface area contributed by atoms with Gasteiger partial charge < -0.3 is 5.32 Å². The first-order valence-electron chi connectivity index (χ1n) is 7.62. The van der Waals surface area contributed by atoms with E-state index in [1.165, 1.54) is 30.4 Å². The van der Waals surface area contributed by atoms with Crippen molar-refractivity contribution < 1.29 is 0 Å². The first kappa shape index (κ1) is 14.5. The van der Waals surface area contributed by atoms with E-state index in [-0.39, 0.29) is 0 Å². The number of aryl methyl sites for hydroxylation is 1. The van der Waals surface area contributed by atoms with Crippen molar-refractivity contribution >= 4 is 0 Å². The van der Waals surface area contributed by atoms with Crippen LogP contribution in [-0.4, -0.2) is 30.6 Å². The lowest BCUT2D eigenvalue weighted by Gasteiger charge is -2.41. The van der Waals surface area contributed by atoms with E-state index in [0.717, 1.165) is 6.54 Å². The minimum absolute atomic E-state index is 0.434. The second kappa shape index (κ2) is 6.53. The molecule has 1 saturated heterocycles. The molecular formula is C17H28N2. The molecule has 0 amide bonds. The van der Waals surface area contributed by atoms with Gasteiger partial charge in [-0.1, -0.05) is 30.7 Å². The van der Waals surface area contributed by atoms with Crippen LogP contribution in [0.25, 0.3) is 0 Å². The highest BCUT2D eigenvalue weighted by Crippen LogP contribution is 2.26. The molecule has 1 aliphatic rings. The van der Waals surface area contributed by atoms with Crippen LogP contribution in [0.2, 0.25) is 0 Å². The van der Waals surface area contributed by atoms with Crippen LogP contribution < -0.4 is 5.32 Å². The first-order chi connectivity index (χ1) is 9.13. The lowest BCUT2D eigenvalue weighted by Crippen LogP contribution is -2.47. The van der Waals surface area contributed by atoms with Gasteiger partial charge in [-0.3, -0.25) is 4.90 Å². The molecule has 1 N–H and O–H groups in total. The maximum absolute atomic E-state index is 3.51. The van der Waals surface area contributed by atoms with Crippen LogP contribution >= 0.6 is 0 Å². The van der Waals surface area contributed by atoms with Crippen molar-refractivity contribution in [2.75, 3.05) is 13.6 Å². The Morgan fingerprint density at radius 1 is 1.21 bits per heavy atom. The van der Waals surface area contributed by atoms with Gasteiger partial charge >= 0.3 is 0 Å². The standard InChI is InChI=1S/C17H28N2/c1-13-8-5-6-11-16(13)17(18-4)12-19-14(2)9-7-10-15(19)3/h5-6,8,11,14-15,17-18H,7,9-10,12H2,1-4H3. The van der Waals surface area contributed by atoms with Crippen LogP contribution in [0.5, 0.6) is 0 Å². The molecule has 3 atom stereocenters. The zero-order valence-electron chi connectivity index (χ0n) is 12.8. The summed E-state index contributed by atoms with van der Waals surface area (Å²) in [5.74, 6) is 0. The predicted octanol–water partition coefficient (Wildman–Crippen LogP) is 3.52. The summed E-state index contributed by atoms with van der Waals surface area (Å²) in [6.45, 7) is 8.08. The topological polar surface area (TPSA) is 15.3 Å². The van der Waals surface area contributed by atoms with E-state index in [2.05, 4.69) is 62.3 Å². The van der Waals surface area contributed by atoms with Gasteiger partial charge in [-0.2, -0.15) is 0 Å². The molecule has 0 radical (unpaired) electrons. The molecule has 1 heterocycles. The number of nitrogens with zero attached hydrogens (tertiary/aromatic N) is 1. The SMILES string of the molecule is CNC(CN1C(C)CCCC1C)c1ccccc1C. The first-order valence-corrected chi connectivity index (χ1v) is 7.62. The number of nitrogens with one attached hydrogen (secondary N) is 1. The molecule has 2 nitrogen and oxygen atoms in total. The minimum atomic E-state index is 0.434. The summed E-state index contributed by atoms with van der Waals surface area (Å²) in [7, 11) is 2.08. The summed E-state index contributed by atoms with van der Waals surface area (Å²) < 4.78 is 0. The summed E-state index contributed by atoms with van der Waals surface area (Å²) in [5, 5.41) is 3.51. The molecule has 3 unspecified atom stereocenters. The van der Waals surface area contributed by atoms with Crippen molar-refractivity contribution in [1.82, 2.24) is 10.2 Å². The zero-order chi connectivity index (χ0) is 13.8. The zero-order valence-corrected chi connectivity index (χ0v) is 12.8. The molecular weight excluding hydrogens is 232 g/mol. The van der Waals surface area contributed by atoms with Crippen LogP contribution in [0.15, 0.2) is 24.3 Å². The third-order valence-corrected chi connectivity index (χ3v) is 4.68. The number of likely N-dealkylation sites (N-methyl/N-ethyl adjacent to an activating group) is 1. The van der Waals surface area contributed by atoms with E-state index in [1.54, 1.807) is 0 Å². The maximum atomic E-state index is 3.51. The Hall–Kier alpha value is -0.860. The second-order valence-electron chi connectivity index (χ2n) is 6.02. The molecule has 19 heavy (non-hydrogen) atoms. The molecule has 0 saturated carbocycles. The van der Waals surface area contributed by atoms with Crippen LogP contribution in [0.4, 0.5) is 0 Å². The summed E-state index contributed by atoms with van der Waals surface area (Å²) in [5.41, 5.74) is 2.83. The Kier molecular flexibility index (Phi) is 5.00. The molecule has 2 heteroatoms. The number of rotatable bonds is 4. The molecule has 1 aromatic carbocycles. The van der Waals surface area contributed by atoms with Gasteiger partial charge in [0.15, 0.2) is 0 Å². The lowest BCUT2D eigenvalue weighted by molar-refractivity contribution is 0.0919. The van der Waals surface area contributed by atoms with Gasteiger partial charge in [0.25, 0.3) is 0 Å². The maximum Gasteiger partial charge on any atom is 0.0449 e. The number of piperidine rings is 1. The van der Waals surface area contributed by atoms with Gasteiger partial charge in [0.1, 0.15) is 0 Å². The molecule has 1 aromatic rings. The van der Waals surface area contributed by atoms with Gasteiger partial charge in [0.05, 0.1) is 0 Å². The smallest absolute Gasteiger partial charge is 0.0449 e. The highest BCUT2D eigenvalue weighted by molar-refractivity contribution is 5.29. The van der Waals surface area contributed by atoms with Gasteiger partial charge in [-0.25, -0.2) is 0 Å². The van der Waals surface area contributed by atoms with E-state index in [0.29, 0.717) is 18.1 Å². The molecule has 0 aliphatic carbocycles. The molecule has 0 bridgehead atoms. The Morgan fingerprint density at radius 2 is 1.84 bits per heavy atom. The number of hydrogen-bond donors (Lipinski definition) is 1. The predicted molar refractivity (Wildman–Crippen MR) is 82.5 cm³/mol. The van der Waals surface area contributed by atoms with E-state index in [1.807, 2.05) is 0 Å². The van der Waals surface area contributed by atoms with Crippen molar-refractivity contribution in [3.05, 3.63) is 35.4 Å². The molecule has 106 valence electrons. The Balaban J connectivity index is 2.12. The monoisotopic (exact) mass is 260 g/mol. The van der Waals surface area contributed by atoms with Crippen molar-refractivity contribution in [1.29, 1.82) is 0 Å². The molecule has 0 spiro atoms. The van der Waals surface area contributed by atoms with E-state index >= 15 is 0 Å². The van der Waals surface area contributed by atoms with Gasteiger partial charge in [-0.15, -0.1) is 0 Å². The average molecular weight is 260 g/mol. The third kappa shape index (κ3) is 3.37. The van der Waals surface area contributed by atoms with Gasteiger partial charge in [-0.05, 0) is 51.8 Å². The molecule has 1 aliphatic heterocycles. The number of likely N-dealkylation sites (tertiary alicyclic amines) is 1. The Labute approximate surface area is 118 Å². The van der Waals surface area contributed by atoms with E-state index < -0.39 is 0 Å². The highest BCUT2D eigenvalue weighted by Gasteiger charge is 2.27. The largest absolute Gasteiger partial charge is 0.312 e. The second-order valence-corrected chi connectivity index (χ2v) is 6.02. The van der Waals surface area contributed by atoms with E-state index in [9.17, 15) is 0 Å². The van der Waals surface area contributed by atoms with Gasteiger partial charge in [0, 0.05) is 24.7 Å². The summed E-state index contributed by atoms with van der Waals surface area (Å²) in [6.07, 6.45) is 4.07. The third-order valence-electron chi connectivity index (χ3n) is 4.68. The molecule has 1 fully saturated rings. The highest BCUT2D eigenvalue weighted by atomic mass is 15.2. The van der Waals surface area contributed by atoms with Gasteiger partial charge in [0.2, 0.25) is 0 Å². The molecule has 2 rings (SSSR count). The summed E-state index contributed by atoms with van der Waals surface area (Å²) in [6, 6.07) is 10.6. The molecule has 0 aromatic heterocycles. The van der Waals surface area contributed by atoms with Crippen LogP contribution in [0.3, 0.4) is 0 Å². The Bertz CT molecular complexity index is 392. The van der Waals surface area contributed by atoms with E-state index in [4.69, 9.17) is 0 Å². The van der Waals surface area contributed by atoms with Crippen molar-refractivity contribution in [3.8, 4) is 0 Å². The number of benzene rings is 1. The van der Waals surface area contributed by atoms with Crippen molar-refractivity contribution in [2.24, 2.45) is 0 Å². The fourth-order valence-electron chi connectivity index (χ4n) is 3.37. The average Bonchev–Trinajstić information content (AvgIpc) is 2.40. The van der Waals surface area contributed by atoms with Crippen LogP contribution in [-0.2, 0) is 0 Å².